The summed E-state index contributed by atoms with van der Waals surface area (Å²) >= 11 is 8.34. The number of hydrogen-bond donors (Lipinski definition) is 2. The van der Waals surface area contributed by atoms with Gasteiger partial charge in [0.2, 0.25) is 0 Å². The fourth-order valence-electron chi connectivity index (χ4n) is 5.17. The van der Waals surface area contributed by atoms with Gasteiger partial charge in [-0.3, -0.25) is 0 Å². The number of rotatable bonds is 17. The van der Waals surface area contributed by atoms with Crippen LogP contribution in [0.25, 0.3) is 11.1 Å². The van der Waals surface area contributed by atoms with Crippen molar-refractivity contribution in [3.63, 3.8) is 0 Å². The van der Waals surface area contributed by atoms with Crippen LogP contribution in [0.1, 0.15) is 76.2 Å². The minimum absolute atomic E-state index is 0.128. The normalized spacial score (nSPS) is 16.8. The first-order valence-electron chi connectivity index (χ1n) is 14.7. The highest BCUT2D eigenvalue weighted by Crippen LogP contribution is 2.39. The second-order valence-corrected chi connectivity index (χ2v) is 11.4. The molecule has 0 amide bonds. The van der Waals surface area contributed by atoms with Crippen molar-refractivity contribution in [3.8, 4) is 22.6 Å². The molecule has 1 saturated carbocycles. The molecule has 0 aromatic heterocycles. The first kappa shape index (κ1) is 32.2. The number of carbonyl (C=O) groups is 1. The summed E-state index contributed by atoms with van der Waals surface area (Å²) in [4.78, 5) is 11.8. The van der Waals surface area contributed by atoms with Crippen molar-refractivity contribution in [1.82, 2.24) is 0 Å². The molecule has 0 radical (unpaired) electrons. The molecule has 40 heavy (non-hydrogen) atoms. The fraction of sp³-hybridized carbons (Fsp3) is 0.500. The smallest absolute Gasteiger partial charge is 0.334 e. The molecule has 0 aliphatic heterocycles. The maximum Gasteiger partial charge on any atom is 0.334 e. The molecule has 0 saturated heterocycles. The predicted octanol–water partition coefficient (Wildman–Crippen LogP) is 8.87. The highest BCUT2D eigenvalue weighted by atomic mass is 32.1. The van der Waals surface area contributed by atoms with Gasteiger partial charge in [-0.15, -0.1) is 0 Å². The van der Waals surface area contributed by atoms with Crippen LogP contribution in [0.5, 0.6) is 11.5 Å². The van der Waals surface area contributed by atoms with Gasteiger partial charge >= 0.3 is 5.97 Å². The Kier molecular flexibility index (Phi) is 14.1. The van der Waals surface area contributed by atoms with Gasteiger partial charge in [-0.2, -0.15) is 25.3 Å². The van der Waals surface area contributed by atoms with E-state index in [1.54, 1.807) is 0 Å². The molecule has 0 spiro atoms. The van der Waals surface area contributed by atoms with Crippen LogP contribution < -0.4 is 9.47 Å². The first-order valence-corrected chi connectivity index (χ1v) is 15.9. The zero-order valence-corrected chi connectivity index (χ0v) is 25.8. The highest BCUT2D eigenvalue weighted by molar-refractivity contribution is 7.80. The SMILES string of the molecule is C=C(CS)CCOc1cc(OCCOC(=O)C(=C)CS)cc(-c2ccc(C3CCC(CCCCC)CC3)cc2)c1. The quantitative estimate of drug-likeness (QED) is 0.0643. The molecule has 0 atom stereocenters. The van der Waals surface area contributed by atoms with Gasteiger partial charge in [0.1, 0.15) is 24.7 Å². The number of benzene rings is 2. The molecule has 0 unspecified atom stereocenters. The van der Waals surface area contributed by atoms with Crippen molar-refractivity contribution in [3.05, 3.63) is 72.3 Å². The van der Waals surface area contributed by atoms with Gasteiger partial charge in [0.25, 0.3) is 0 Å². The van der Waals surface area contributed by atoms with Crippen LogP contribution in [0.4, 0.5) is 0 Å². The van der Waals surface area contributed by atoms with Crippen molar-refractivity contribution in [2.75, 3.05) is 31.3 Å². The van der Waals surface area contributed by atoms with Crippen molar-refractivity contribution < 1.29 is 19.0 Å². The zero-order valence-electron chi connectivity index (χ0n) is 24.0. The number of hydrogen-bond acceptors (Lipinski definition) is 6. The van der Waals surface area contributed by atoms with Gasteiger partial charge in [0, 0.05) is 29.6 Å². The number of carbonyl (C=O) groups excluding carboxylic acids is 1. The molecule has 1 aliphatic rings. The van der Waals surface area contributed by atoms with E-state index >= 15 is 0 Å². The maximum atomic E-state index is 11.8. The van der Waals surface area contributed by atoms with E-state index in [1.807, 2.05) is 18.2 Å². The van der Waals surface area contributed by atoms with Gasteiger partial charge in [0.15, 0.2) is 0 Å². The lowest BCUT2D eigenvalue weighted by Crippen LogP contribution is -2.14. The minimum atomic E-state index is -0.453. The van der Waals surface area contributed by atoms with E-state index < -0.39 is 5.97 Å². The van der Waals surface area contributed by atoms with Crippen molar-refractivity contribution >= 4 is 31.2 Å². The molecule has 4 nitrogen and oxygen atoms in total. The van der Waals surface area contributed by atoms with E-state index in [1.165, 1.54) is 56.9 Å². The Morgan fingerprint density at radius 2 is 1.52 bits per heavy atom. The minimum Gasteiger partial charge on any atom is -0.493 e. The highest BCUT2D eigenvalue weighted by Gasteiger charge is 2.22. The van der Waals surface area contributed by atoms with E-state index in [-0.39, 0.29) is 19.0 Å². The summed E-state index contributed by atoms with van der Waals surface area (Å²) in [6, 6.07) is 14.9. The maximum absolute atomic E-state index is 11.8. The van der Waals surface area contributed by atoms with E-state index in [9.17, 15) is 4.79 Å². The third-order valence-corrected chi connectivity index (χ3v) is 8.50. The topological polar surface area (TPSA) is 44.8 Å². The van der Waals surface area contributed by atoms with Crippen LogP contribution in [0, 0.1) is 5.92 Å². The Hall–Kier alpha value is -2.31. The summed E-state index contributed by atoms with van der Waals surface area (Å²) in [6.07, 6.45) is 11.5. The van der Waals surface area contributed by atoms with Crippen molar-refractivity contribution in [1.29, 1.82) is 0 Å². The van der Waals surface area contributed by atoms with Gasteiger partial charge in [-0.1, -0.05) is 75.6 Å². The predicted molar refractivity (Wildman–Crippen MR) is 173 cm³/mol. The lowest BCUT2D eigenvalue weighted by molar-refractivity contribution is -0.139. The molecule has 0 N–H and O–H groups in total. The number of thiol groups is 2. The molecule has 0 heterocycles. The second kappa shape index (κ2) is 17.5. The molecule has 1 fully saturated rings. The molecular weight excluding hydrogens is 537 g/mol. The first-order chi connectivity index (χ1) is 19.4. The van der Waals surface area contributed by atoms with Gasteiger partial charge in [-0.05, 0) is 66.3 Å². The molecule has 0 bridgehead atoms. The average Bonchev–Trinajstić information content (AvgIpc) is 2.99. The summed E-state index contributed by atoms with van der Waals surface area (Å²) in [5, 5.41) is 0. The van der Waals surface area contributed by atoms with Crippen molar-refractivity contribution in [2.45, 2.75) is 70.6 Å². The summed E-state index contributed by atoms with van der Waals surface area (Å²) in [5.41, 5.74) is 4.93. The summed E-state index contributed by atoms with van der Waals surface area (Å²) < 4.78 is 17.2. The largest absolute Gasteiger partial charge is 0.493 e. The van der Waals surface area contributed by atoms with Crippen LogP contribution in [0.15, 0.2) is 66.8 Å². The zero-order chi connectivity index (χ0) is 28.7. The van der Waals surface area contributed by atoms with Gasteiger partial charge in [-0.25, -0.2) is 4.79 Å². The second-order valence-electron chi connectivity index (χ2n) is 10.8. The molecule has 6 heteroatoms. The Balaban J connectivity index is 1.65. The fourth-order valence-corrected chi connectivity index (χ4v) is 5.46. The lowest BCUT2D eigenvalue weighted by Gasteiger charge is -2.29. The number of esters is 1. The Morgan fingerprint density at radius 3 is 2.15 bits per heavy atom. The van der Waals surface area contributed by atoms with E-state index in [2.05, 4.69) is 69.6 Å². The molecular formula is C34H46O4S2. The Morgan fingerprint density at radius 1 is 0.850 bits per heavy atom. The lowest BCUT2D eigenvalue weighted by atomic mass is 9.77. The summed E-state index contributed by atoms with van der Waals surface area (Å²) in [7, 11) is 0. The van der Waals surface area contributed by atoms with Crippen LogP contribution in [-0.4, -0.2) is 37.3 Å². The Labute approximate surface area is 252 Å². The standard InChI is InChI=1S/C34H46O4S2/c1-4-5-6-7-27-8-10-28(11-9-27)29-12-14-30(15-13-29)31-20-32(36-17-16-25(2)23-39)22-33(21-31)37-18-19-38-34(35)26(3)24-40/h12-15,20-22,27-28,39-40H,2-11,16-19,23-24H2,1H3. The molecule has 3 rings (SSSR count). The molecule has 2 aromatic rings. The van der Waals surface area contributed by atoms with Crippen molar-refractivity contribution in [2.24, 2.45) is 5.92 Å². The van der Waals surface area contributed by atoms with Gasteiger partial charge < -0.3 is 14.2 Å². The molecule has 218 valence electrons. The number of unbranched alkanes of at least 4 members (excludes halogenated alkanes) is 2. The van der Waals surface area contributed by atoms with E-state index in [0.717, 1.165) is 34.8 Å². The summed E-state index contributed by atoms with van der Waals surface area (Å²) in [6.45, 7) is 10.8. The monoisotopic (exact) mass is 582 g/mol. The molecule has 2 aromatic carbocycles. The van der Waals surface area contributed by atoms with Crippen LogP contribution in [-0.2, 0) is 9.53 Å². The van der Waals surface area contributed by atoms with E-state index in [0.29, 0.717) is 29.6 Å². The van der Waals surface area contributed by atoms with Crippen LogP contribution >= 0.6 is 25.3 Å². The van der Waals surface area contributed by atoms with Crippen LogP contribution in [0.3, 0.4) is 0 Å². The Bertz CT molecular complexity index is 1090. The average molecular weight is 583 g/mol. The third kappa shape index (κ3) is 10.6. The van der Waals surface area contributed by atoms with Crippen LogP contribution in [0.2, 0.25) is 0 Å². The van der Waals surface area contributed by atoms with E-state index in [4.69, 9.17) is 14.2 Å². The summed E-state index contributed by atoms with van der Waals surface area (Å²) in [5.74, 6) is 3.42. The number of ether oxygens (including phenoxy) is 3. The third-order valence-electron chi connectivity index (χ3n) is 7.67. The molecule has 1 aliphatic carbocycles. The van der Waals surface area contributed by atoms with Gasteiger partial charge in [0.05, 0.1) is 6.61 Å².